The van der Waals surface area contributed by atoms with E-state index in [1.165, 1.54) is 37.7 Å². The third-order valence-electron chi connectivity index (χ3n) is 6.10. The molecule has 1 unspecified atom stereocenters. The van der Waals surface area contributed by atoms with Gasteiger partial charge in [-0.2, -0.15) is 13.2 Å². The molecule has 7 nitrogen and oxygen atoms in total. The van der Waals surface area contributed by atoms with Gasteiger partial charge in [0, 0.05) is 12.2 Å². The quantitative estimate of drug-likeness (QED) is 0.248. The molecule has 2 N–H and O–H groups in total. The minimum absolute atomic E-state index is 0.229. The first-order valence-corrected chi connectivity index (χ1v) is 12.2. The molecule has 0 radical (unpaired) electrons. The number of hydrogen-bond donors (Lipinski definition) is 2. The third-order valence-corrected chi connectivity index (χ3v) is 6.10. The summed E-state index contributed by atoms with van der Waals surface area (Å²) in [5.74, 6) is -3.89. The number of ether oxygens (including phenoxy) is 1. The number of benzene rings is 1. The smallest absolute Gasteiger partial charge is 0.386 e. The first kappa shape index (κ1) is 28.6. The number of aryl methyl sites for hydroxylation is 1. The average molecular weight is 500 g/mol. The summed E-state index contributed by atoms with van der Waals surface area (Å²) in [7, 11) is 1.78. The zero-order valence-electron chi connectivity index (χ0n) is 20.5. The predicted octanol–water partition coefficient (Wildman–Crippen LogP) is 5.20. The number of halogens is 3. The van der Waals surface area contributed by atoms with Crippen LogP contribution in [0.1, 0.15) is 70.3 Å². The molecule has 1 aromatic carbocycles. The number of likely N-dealkylation sites (N-methyl/N-ethyl adjacent to an activating group) is 1. The average Bonchev–Trinajstić information content (AvgIpc) is 2.76. The van der Waals surface area contributed by atoms with Crippen molar-refractivity contribution in [2.45, 2.75) is 82.8 Å². The first-order valence-electron chi connectivity index (χ1n) is 12.2. The van der Waals surface area contributed by atoms with E-state index in [1.54, 1.807) is 19.2 Å². The Morgan fingerprint density at radius 1 is 1.06 bits per heavy atom. The summed E-state index contributed by atoms with van der Waals surface area (Å²) in [6, 6.07) is 6.90. The number of likely N-dealkylation sites (tertiary alicyclic amines) is 1. The van der Waals surface area contributed by atoms with Crippen molar-refractivity contribution in [3.63, 3.8) is 0 Å². The van der Waals surface area contributed by atoms with Crippen molar-refractivity contribution in [3.8, 4) is 0 Å². The molecular formula is C25H36F3N3O4. The Morgan fingerprint density at radius 2 is 1.71 bits per heavy atom. The summed E-state index contributed by atoms with van der Waals surface area (Å²) in [5, 5.41) is 5.46. The molecule has 2 amide bonds. The van der Waals surface area contributed by atoms with Crippen molar-refractivity contribution in [1.82, 2.24) is 10.2 Å². The van der Waals surface area contributed by atoms with E-state index < -0.39 is 36.1 Å². The molecule has 0 bridgehead atoms. The van der Waals surface area contributed by atoms with Crippen molar-refractivity contribution < 1.29 is 32.3 Å². The van der Waals surface area contributed by atoms with Crippen LogP contribution in [0.5, 0.6) is 0 Å². The van der Waals surface area contributed by atoms with E-state index in [2.05, 4.69) is 22.3 Å². The van der Waals surface area contributed by atoms with Crippen LogP contribution in [-0.4, -0.2) is 54.7 Å². The van der Waals surface area contributed by atoms with Crippen LogP contribution in [0.2, 0.25) is 0 Å². The van der Waals surface area contributed by atoms with Crippen LogP contribution in [0.15, 0.2) is 24.3 Å². The molecule has 1 fully saturated rings. The number of hydrogen-bond acceptors (Lipinski definition) is 5. The summed E-state index contributed by atoms with van der Waals surface area (Å²) in [4.78, 5) is 37.7. The van der Waals surface area contributed by atoms with Gasteiger partial charge < -0.3 is 20.3 Å². The highest BCUT2D eigenvalue weighted by atomic mass is 19.4. The minimum Gasteiger partial charge on any atom is -0.386 e. The van der Waals surface area contributed by atoms with E-state index in [0.717, 1.165) is 12.8 Å². The summed E-state index contributed by atoms with van der Waals surface area (Å²) in [5.41, 5.74) is 0.579. The van der Waals surface area contributed by atoms with E-state index in [-0.39, 0.29) is 6.54 Å². The van der Waals surface area contributed by atoms with Gasteiger partial charge in [0.15, 0.2) is 0 Å². The fraction of sp³-hybridized carbons (Fsp3) is 0.640. The summed E-state index contributed by atoms with van der Waals surface area (Å²) >= 11 is 0. The highest BCUT2D eigenvalue weighted by Crippen LogP contribution is 2.26. The minimum atomic E-state index is -5.27. The standard InChI is InChI=1S/C25H36F3N3O4/c1-3-4-5-6-7-8-10-19-11-13-20(14-12-19)29-23(34)30-24(15-9-16-31(2)18-24)17-21(32)35-22(33)25(26,27)28/h11-14H,3-10,15-18H2,1-2H3,(H2,29,30,34). The number of anilines is 1. The van der Waals surface area contributed by atoms with E-state index in [9.17, 15) is 27.6 Å². The molecule has 1 aliphatic heterocycles. The molecule has 0 aromatic heterocycles. The van der Waals surface area contributed by atoms with E-state index in [4.69, 9.17) is 0 Å². The van der Waals surface area contributed by atoms with Gasteiger partial charge in [-0.15, -0.1) is 0 Å². The topological polar surface area (TPSA) is 87.7 Å². The Bertz CT molecular complexity index is 845. The number of rotatable bonds is 11. The fourth-order valence-electron chi connectivity index (χ4n) is 4.39. The van der Waals surface area contributed by atoms with Crippen molar-refractivity contribution in [2.24, 2.45) is 0 Å². The van der Waals surface area contributed by atoms with Gasteiger partial charge in [0.1, 0.15) is 0 Å². The summed E-state index contributed by atoms with van der Waals surface area (Å²) < 4.78 is 41.3. The lowest BCUT2D eigenvalue weighted by atomic mass is 9.86. The second-order valence-corrected chi connectivity index (χ2v) is 9.35. The number of esters is 2. The lowest BCUT2D eigenvalue weighted by Crippen LogP contribution is -2.60. The second kappa shape index (κ2) is 13.5. The summed E-state index contributed by atoms with van der Waals surface area (Å²) in [6.07, 6.45) is 3.42. The van der Waals surface area contributed by atoms with E-state index in [0.29, 0.717) is 25.1 Å². The molecule has 10 heteroatoms. The van der Waals surface area contributed by atoms with Crippen molar-refractivity contribution in [1.29, 1.82) is 0 Å². The second-order valence-electron chi connectivity index (χ2n) is 9.35. The summed E-state index contributed by atoms with van der Waals surface area (Å²) in [6.45, 7) is 3.13. The molecule has 1 saturated heterocycles. The molecule has 0 saturated carbocycles. The van der Waals surface area contributed by atoms with Crippen molar-refractivity contribution >= 4 is 23.7 Å². The maximum atomic E-state index is 12.7. The third kappa shape index (κ3) is 10.3. The van der Waals surface area contributed by atoms with Crippen LogP contribution in [0.25, 0.3) is 0 Å². The lowest BCUT2D eigenvalue weighted by molar-refractivity contribution is -0.202. The Labute approximate surface area is 204 Å². The van der Waals surface area contributed by atoms with Crippen LogP contribution in [-0.2, 0) is 20.7 Å². The van der Waals surface area contributed by atoms with E-state index >= 15 is 0 Å². The zero-order chi connectivity index (χ0) is 25.9. The number of piperidine rings is 1. The SMILES string of the molecule is CCCCCCCCc1ccc(NC(=O)NC2(CC(=O)OC(=O)C(F)(F)F)CCCN(C)C2)cc1. The number of alkyl halides is 3. The normalized spacial score (nSPS) is 18.7. The highest BCUT2D eigenvalue weighted by molar-refractivity contribution is 5.91. The molecule has 1 atom stereocenters. The predicted molar refractivity (Wildman–Crippen MR) is 127 cm³/mol. The van der Waals surface area contributed by atoms with Gasteiger partial charge in [-0.3, -0.25) is 4.79 Å². The van der Waals surface area contributed by atoms with Crippen molar-refractivity contribution in [2.75, 3.05) is 25.5 Å². The monoisotopic (exact) mass is 499 g/mol. The molecule has 196 valence electrons. The van der Waals surface area contributed by atoms with Crippen LogP contribution >= 0.6 is 0 Å². The van der Waals surface area contributed by atoms with Gasteiger partial charge >= 0.3 is 24.1 Å². The number of carbonyl (C=O) groups is 3. The Hall–Kier alpha value is -2.62. The van der Waals surface area contributed by atoms with Crippen LogP contribution in [0.4, 0.5) is 23.7 Å². The molecule has 1 aromatic rings. The largest absolute Gasteiger partial charge is 0.491 e. The van der Waals surface area contributed by atoms with Gasteiger partial charge in [-0.1, -0.05) is 51.2 Å². The van der Waals surface area contributed by atoms with E-state index in [1.807, 2.05) is 17.0 Å². The first-order chi connectivity index (χ1) is 16.5. The molecule has 35 heavy (non-hydrogen) atoms. The zero-order valence-corrected chi connectivity index (χ0v) is 20.5. The number of carbonyl (C=O) groups excluding carboxylic acids is 3. The van der Waals surface area contributed by atoms with Crippen molar-refractivity contribution in [3.05, 3.63) is 29.8 Å². The number of nitrogens with zero attached hydrogens (tertiary/aromatic N) is 1. The lowest BCUT2D eigenvalue weighted by Gasteiger charge is -2.41. The molecule has 1 aliphatic rings. The maximum Gasteiger partial charge on any atom is 0.491 e. The molecular weight excluding hydrogens is 463 g/mol. The molecule has 0 spiro atoms. The fourth-order valence-corrected chi connectivity index (χ4v) is 4.39. The van der Waals surface area contributed by atoms with Gasteiger partial charge in [0.25, 0.3) is 0 Å². The Morgan fingerprint density at radius 3 is 2.34 bits per heavy atom. The maximum absolute atomic E-state index is 12.7. The van der Waals surface area contributed by atoms with Gasteiger partial charge in [-0.05, 0) is 57.0 Å². The number of urea groups is 1. The Balaban J connectivity index is 1.91. The molecule has 0 aliphatic carbocycles. The highest BCUT2D eigenvalue weighted by Gasteiger charge is 2.44. The Kier molecular flexibility index (Phi) is 11.0. The van der Waals surface area contributed by atoms with Gasteiger partial charge in [0.05, 0.1) is 12.0 Å². The number of nitrogens with one attached hydrogen (secondary N) is 2. The van der Waals surface area contributed by atoms with Crippen LogP contribution in [0, 0.1) is 0 Å². The number of amides is 2. The molecule has 1 heterocycles. The number of unbranched alkanes of at least 4 members (excludes halogenated alkanes) is 5. The van der Waals surface area contributed by atoms with Gasteiger partial charge in [0.2, 0.25) is 0 Å². The van der Waals surface area contributed by atoms with Crippen LogP contribution < -0.4 is 10.6 Å². The van der Waals surface area contributed by atoms with Gasteiger partial charge in [-0.25, -0.2) is 9.59 Å². The van der Waals surface area contributed by atoms with Crippen LogP contribution in [0.3, 0.4) is 0 Å². The molecule has 2 rings (SSSR count).